The SMILES string of the molecule is CCOCc1ccccc1CNC(=NCc1ccccc1)N(C)C.I. The third-order valence-electron chi connectivity index (χ3n) is 3.69. The lowest BCUT2D eigenvalue weighted by Crippen LogP contribution is -2.36. The Hall–Kier alpha value is -1.60. The second-order valence-corrected chi connectivity index (χ2v) is 5.78. The zero-order valence-corrected chi connectivity index (χ0v) is 17.6. The van der Waals surface area contributed by atoms with Gasteiger partial charge in [-0.25, -0.2) is 4.99 Å². The molecular weight excluding hydrogens is 425 g/mol. The summed E-state index contributed by atoms with van der Waals surface area (Å²) in [5.41, 5.74) is 3.66. The molecule has 0 saturated heterocycles. The Morgan fingerprint density at radius 2 is 1.64 bits per heavy atom. The molecule has 5 heteroatoms. The average molecular weight is 453 g/mol. The molecule has 4 nitrogen and oxygen atoms in total. The first-order chi connectivity index (χ1) is 11.7. The summed E-state index contributed by atoms with van der Waals surface area (Å²) in [6.45, 7) is 4.79. The van der Waals surface area contributed by atoms with Crippen LogP contribution in [0.25, 0.3) is 0 Å². The zero-order chi connectivity index (χ0) is 17.2. The molecule has 1 N–H and O–H groups in total. The average Bonchev–Trinajstić information content (AvgIpc) is 2.61. The van der Waals surface area contributed by atoms with E-state index in [2.05, 4.69) is 35.6 Å². The van der Waals surface area contributed by atoms with Crippen molar-refractivity contribution in [3.63, 3.8) is 0 Å². The predicted molar refractivity (Wildman–Crippen MR) is 115 cm³/mol. The van der Waals surface area contributed by atoms with Gasteiger partial charge in [0.25, 0.3) is 0 Å². The van der Waals surface area contributed by atoms with Crippen molar-refractivity contribution in [2.75, 3.05) is 20.7 Å². The van der Waals surface area contributed by atoms with Crippen molar-refractivity contribution in [3.8, 4) is 0 Å². The van der Waals surface area contributed by atoms with Gasteiger partial charge in [-0.1, -0.05) is 54.6 Å². The standard InChI is InChI=1S/C20H27N3O.HI/c1-4-24-16-19-13-9-8-12-18(19)15-22-20(23(2)3)21-14-17-10-6-5-7-11-17;/h5-13H,4,14-16H2,1-3H3,(H,21,22);1H. The monoisotopic (exact) mass is 453 g/mol. The van der Waals surface area contributed by atoms with Crippen molar-refractivity contribution < 1.29 is 4.74 Å². The minimum atomic E-state index is 0. The Balaban J connectivity index is 0.00000312. The second-order valence-electron chi connectivity index (χ2n) is 5.78. The van der Waals surface area contributed by atoms with E-state index in [0.29, 0.717) is 13.2 Å². The first kappa shape index (κ1) is 21.4. The maximum atomic E-state index is 5.55. The number of aliphatic imine (C=N–C) groups is 1. The van der Waals surface area contributed by atoms with Crippen LogP contribution in [-0.4, -0.2) is 31.6 Å². The highest BCUT2D eigenvalue weighted by Gasteiger charge is 2.05. The van der Waals surface area contributed by atoms with Crippen LogP contribution in [0.3, 0.4) is 0 Å². The molecule has 0 heterocycles. The summed E-state index contributed by atoms with van der Waals surface area (Å²) in [4.78, 5) is 6.71. The number of hydrogen-bond donors (Lipinski definition) is 1. The van der Waals surface area contributed by atoms with E-state index in [4.69, 9.17) is 9.73 Å². The van der Waals surface area contributed by atoms with Crippen LogP contribution in [0.15, 0.2) is 59.6 Å². The molecule has 136 valence electrons. The van der Waals surface area contributed by atoms with Crippen molar-refractivity contribution in [1.82, 2.24) is 10.2 Å². The Morgan fingerprint density at radius 3 is 2.28 bits per heavy atom. The van der Waals surface area contributed by atoms with Crippen LogP contribution in [0.2, 0.25) is 0 Å². The smallest absolute Gasteiger partial charge is 0.194 e. The molecule has 0 aliphatic rings. The normalized spacial score (nSPS) is 10.9. The van der Waals surface area contributed by atoms with E-state index in [1.54, 1.807) is 0 Å². The largest absolute Gasteiger partial charge is 0.377 e. The van der Waals surface area contributed by atoms with Crippen LogP contribution >= 0.6 is 24.0 Å². The number of guanidine groups is 1. The number of nitrogens with zero attached hydrogens (tertiary/aromatic N) is 2. The van der Waals surface area contributed by atoms with E-state index in [9.17, 15) is 0 Å². The van der Waals surface area contributed by atoms with Gasteiger partial charge in [0.05, 0.1) is 13.2 Å². The minimum Gasteiger partial charge on any atom is -0.377 e. The molecule has 0 radical (unpaired) electrons. The Kier molecular flexibility index (Phi) is 10.2. The van der Waals surface area contributed by atoms with Crippen LogP contribution in [0.5, 0.6) is 0 Å². The fourth-order valence-corrected chi connectivity index (χ4v) is 2.36. The van der Waals surface area contributed by atoms with Gasteiger partial charge in [-0.3, -0.25) is 0 Å². The maximum Gasteiger partial charge on any atom is 0.194 e. The number of halogens is 1. The summed E-state index contributed by atoms with van der Waals surface area (Å²) in [5, 5.41) is 3.44. The molecule has 25 heavy (non-hydrogen) atoms. The molecule has 0 fully saturated rings. The van der Waals surface area contributed by atoms with E-state index in [0.717, 1.165) is 19.1 Å². The van der Waals surface area contributed by atoms with Gasteiger partial charge in [0.2, 0.25) is 0 Å². The van der Waals surface area contributed by atoms with Gasteiger partial charge in [0.1, 0.15) is 0 Å². The molecule has 2 aromatic rings. The molecule has 0 aliphatic heterocycles. The third-order valence-corrected chi connectivity index (χ3v) is 3.69. The van der Waals surface area contributed by atoms with Gasteiger partial charge < -0.3 is 15.0 Å². The van der Waals surface area contributed by atoms with Gasteiger partial charge >= 0.3 is 0 Å². The second kappa shape index (κ2) is 11.9. The fraction of sp³-hybridized carbons (Fsp3) is 0.350. The third kappa shape index (κ3) is 7.44. The molecule has 2 aromatic carbocycles. The number of rotatable bonds is 7. The number of benzene rings is 2. The first-order valence-electron chi connectivity index (χ1n) is 8.34. The molecule has 0 atom stereocenters. The molecule has 2 rings (SSSR count). The van der Waals surface area contributed by atoms with Gasteiger partial charge in [-0.05, 0) is 23.6 Å². The Bertz CT molecular complexity index is 644. The van der Waals surface area contributed by atoms with Crippen molar-refractivity contribution in [1.29, 1.82) is 0 Å². The Labute approximate surface area is 168 Å². The van der Waals surface area contributed by atoms with Gasteiger partial charge in [-0.15, -0.1) is 24.0 Å². The number of hydrogen-bond acceptors (Lipinski definition) is 2. The maximum absolute atomic E-state index is 5.55. The molecule has 0 aliphatic carbocycles. The molecule has 0 bridgehead atoms. The highest BCUT2D eigenvalue weighted by atomic mass is 127. The molecule has 0 unspecified atom stereocenters. The first-order valence-corrected chi connectivity index (χ1v) is 8.34. The van der Waals surface area contributed by atoms with Gasteiger partial charge in [0, 0.05) is 27.2 Å². The predicted octanol–water partition coefficient (Wildman–Crippen LogP) is 4.05. The van der Waals surface area contributed by atoms with E-state index in [1.807, 2.05) is 50.2 Å². The number of ether oxygens (including phenoxy) is 1. The van der Waals surface area contributed by atoms with Crippen molar-refractivity contribution >= 4 is 29.9 Å². The summed E-state index contributed by atoms with van der Waals surface area (Å²) in [6.07, 6.45) is 0. The van der Waals surface area contributed by atoms with Crippen LogP contribution in [0.1, 0.15) is 23.6 Å². The van der Waals surface area contributed by atoms with E-state index < -0.39 is 0 Å². The summed E-state index contributed by atoms with van der Waals surface area (Å²) >= 11 is 0. The van der Waals surface area contributed by atoms with E-state index in [1.165, 1.54) is 16.7 Å². The van der Waals surface area contributed by atoms with E-state index in [-0.39, 0.29) is 24.0 Å². The molecule has 0 aromatic heterocycles. The lowest BCUT2D eigenvalue weighted by Gasteiger charge is -2.19. The minimum absolute atomic E-state index is 0. The molecular formula is C20H28IN3O. The number of nitrogens with one attached hydrogen (secondary N) is 1. The van der Waals surface area contributed by atoms with E-state index >= 15 is 0 Å². The molecule has 0 saturated carbocycles. The quantitative estimate of drug-likeness (QED) is 0.391. The summed E-state index contributed by atoms with van der Waals surface area (Å²) in [5.74, 6) is 0.880. The van der Waals surface area contributed by atoms with Crippen molar-refractivity contribution in [2.24, 2.45) is 4.99 Å². The highest BCUT2D eigenvalue weighted by Crippen LogP contribution is 2.10. The van der Waals surface area contributed by atoms with Crippen LogP contribution in [0.4, 0.5) is 0 Å². The molecule has 0 spiro atoms. The summed E-state index contributed by atoms with van der Waals surface area (Å²) in [6, 6.07) is 18.6. The molecule has 0 amide bonds. The van der Waals surface area contributed by atoms with Crippen molar-refractivity contribution in [2.45, 2.75) is 26.6 Å². The van der Waals surface area contributed by atoms with Crippen LogP contribution in [-0.2, 0) is 24.4 Å². The lowest BCUT2D eigenvalue weighted by molar-refractivity contribution is 0.133. The van der Waals surface area contributed by atoms with Gasteiger partial charge in [-0.2, -0.15) is 0 Å². The fourth-order valence-electron chi connectivity index (χ4n) is 2.36. The topological polar surface area (TPSA) is 36.9 Å². The van der Waals surface area contributed by atoms with Crippen LogP contribution in [0, 0.1) is 0 Å². The highest BCUT2D eigenvalue weighted by molar-refractivity contribution is 14.0. The van der Waals surface area contributed by atoms with Crippen molar-refractivity contribution in [3.05, 3.63) is 71.3 Å². The summed E-state index contributed by atoms with van der Waals surface area (Å²) in [7, 11) is 4.01. The van der Waals surface area contributed by atoms with Crippen LogP contribution < -0.4 is 5.32 Å². The zero-order valence-electron chi connectivity index (χ0n) is 15.2. The van der Waals surface area contributed by atoms with Gasteiger partial charge in [0.15, 0.2) is 5.96 Å². The Morgan fingerprint density at radius 1 is 1.00 bits per heavy atom. The lowest BCUT2D eigenvalue weighted by atomic mass is 10.1. The summed E-state index contributed by atoms with van der Waals surface area (Å²) < 4.78 is 5.55.